The number of carbonyl (C=O) groups excluding carboxylic acids is 1. The molecule has 2 atom stereocenters. The van der Waals surface area contributed by atoms with Crippen LogP contribution in [0.15, 0.2) is 18.2 Å². The van der Waals surface area contributed by atoms with Crippen LogP contribution < -0.4 is 10.1 Å². The zero-order chi connectivity index (χ0) is 13.3. The van der Waals surface area contributed by atoms with Crippen LogP contribution in [-0.2, 0) is 4.79 Å². The molecule has 1 amide bonds. The monoisotopic (exact) mass is 246 g/mol. The Labute approximate surface area is 105 Å². The van der Waals surface area contributed by atoms with Crippen molar-refractivity contribution in [2.45, 2.75) is 31.6 Å². The fourth-order valence-electron chi connectivity index (χ4n) is 2.12. The van der Waals surface area contributed by atoms with Crippen LogP contribution in [0.5, 0.6) is 5.75 Å². The molecule has 18 heavy (non-hydrogen) atoms. The van der Waals surface area contributed by atoms with E-state index in [-0.39, 0.29) is 0 Å². The highest BCUT2D eigenvalue weighted by atomic mass is 16.5. The molecule has 1 aromatic rings. The topological polar surface area (TPSA) is 82.3 Å². The van der Waals surface area contributed by atoms with E-state index in [1.165, 1.54) is 0 Å². The Morgan fingerprint density at radius 2 is 2.28 bits per heavy atom. The van der Waals surface area contributed by atoms with Crippen molar-refractivity contribution < 1.29 is 14.6 Å². The van der Waals surface area contributed by atoms with Gasteiger partial charge in [-0.05, 0) is 32.0 Å². The molecule has 94 valence electrons. The summed E-state index contributed by atoms with van der Waals surface area (Å²) < 4.78 is 5.69. The molecular weight excluding hydrogens is 232 g/mol. The molecule has 0 radical (unpaired) electrons. The van der Waals surface area contributed by atoms with Gasteiger partial charge in [0.2, 0.25) is 6.41 Å². The van der Waals surface area contributed by atoms with E-state index in [1.807, 2.05) is 6.07 Å². The maximum absolute atomic E-state index is 10.7. The molecule has 5 heteroatoms. The summed E-state index contributed by atoms with van der Waals surface area (Å²) in [4.78, 5) is 10.7. The van der Waals surface area contributed by atoms with E-state index in [0.717, 1.165) is 0 Å². The average Bonchev–Trinajstić information content (AvgIpc) is 2.34. The summed E-state index contributed by atoms with van der Waals surface area (Å²) in [6.45, 7) is 3.50. The Morgan fingerprint density at radius 3 is 2.89 bits per heavy atom. The van der Waals surface area contributed by atoms with Crippen molar-refractivity contribution in [3.63, 3.8) is 0 Å². The maximum Gasteiger partial charge on any atom is 0.207 e. The third kappa shape index (κ3) is 1.91. The van der Waals surface area contributed by atoms with Crippen LogP contribution in [0.2, 0.25) is 0 Å². The number of ether oxygens (including phenoxy) is 1. The van der Waals surface area contributed by atoms with Crippen LogP contribution in [0, 0.1) is 11.3 Å². The van der Waals surface area contributed by atoms with Gasteiger partial charge in [-0.15, -0.1) is 0 Å². The van der Waals surface area contributed by atoms with E-state index in [4.69, 9.17) is 10.00 Å². The van der Waals surface area contributed by atoms with E-state index in [9.17, 15) is 9.90 Å². The normalized spacial score (nSPS) is 24.3. The molecule has 0 bridgehead atoms. The number of hydrogen-bond acceptors (Lipinski definition) is 4. The van der Waals surface area contributed by atoms with Gasteiger partial charge in [-0.3, -0.25) is 4.79 Å². The minimum Gasteiger partial charge on any atom is -0.485 e. The van der Waals surface area contributed by atoms with Gasteiger partial charge in [0.25, 0.3) is 0 Å². The number of fused-ring (bicyclic) bond motifs is 1. The minimum atomic E-state index is -0.885. The number of amides is 1. The Hall–Kier alpha value is -2.06. The Morgan fingerprint density at radius 1 is 1.56 bits per heavy atom. The van der Waals surface area contributed by atoms with Crippen molar-refractivity contribution in [3.8, 4) is 11.8 Å². The van der Waals surface area contributed by atoms with E-state index in [0.29, 0.717) is 23.3 Å². The van der Waals surface area contributed by atoms with Crippen molar-refractivity contribution in [2.75, 3.05) is 0 Å². The zero-order valence-electron chi connectivity index (χ0n) is 10.2. The number of rotatable bonds is 2. The molecule has 1 aliphatic heterocycles. The van der Waals surface area contributed by atoms with Crippen molar-refractivity contribution in [3.05, 3.63) is 29.3 Å². The molecule has 0 aromatic heterocycles. The van der Waals surface area contributed by atoms with Crippen molar-refractivity contribution in [1.29, 1.82) is 5.26 Å². The molecule has 0 saturated carbocycles. The number of nitrogens with one attached hydrogen (secondary N) is 1. The fourth-order valence-corrected chi connectivity index (χ4v) is 2.12. The largest absolute Gasteiger partial charge is 0.485 e. The molecule has 2 N–H and O–H groups in total. The second-order valence-electron chi connectivity index (χ2n) is 4.78. The van der Waals surface area contributed by atoms with Crippen LogP contribution in [0.3, 0.4) is 0 Å². The summed E-state index contributed by atoms with van der Waals surface area (Å²) in [5, 5.41) is 21.7. The van der Waals surface area contributed by atoms with Crippen LogP contribution in [0.4, 0.5) is 0 Å². The number of nitriles is 1. The number of aliphatic hydroxyl groups excluding tert-OH is 1. The van der Waals surface area contributed by atoms with E-state index in [1.54, 1.807) is 32.0 Å². The van der Waals surface area contributed by atoms with Crippen LogP contribution >= 0.6 is 0 Å². The van der Waals surface area contributed by atoms with E-state index < -0.39 is 17.7 Å². The number of nitrogens with zero attached hydrogens (tertiary/aromatic N) is 1. The predicted molar refractivity (Wildman–Crippen MR) is 63.8 cm³/mol. The molecule has 1 aromatic carbocycles. The Balaban J connectivity index is 2.53. The number of aliphatic hydroxyl groups is 1. The molecule has 1 aliphatic rings. The van der Waals surface area contributed by atoms with Crippen molar-refractivity contribution in [2.24, 2.45) is 0 Å². The third-order valence-electron chi connectivity index (χ3n) is 3.12. The van der Waals surface area contributed by atoms with Gasteiger partial charge in [-0.25, -0.2) is 0 Å². The molecule has 5 nitrogen and oxygen atoms in total. The molecule has 0 spiro atoms. The molecule has 1 heterocycles. The lowest BCUT2D eigenvalue weighted by Crippen LogP contribution is -2.52. The molecule has 2 rings (SSSR count). The smallest absolute Gasteiger partial charge is 0.207 e. The second kappa shape index (κ2) is 4.31. The standard InChI is InChI=1S/C13H14N2O3/c1-13(2)12(17)11(15-7-16)9-5-8(6-14)3-4-10(9)18-13/h3-5,7,11-12,17H,1-2H3,(H,15,16). The van der Waals surface area contributed by atoms with Gasteiger partial charge >= 0.3 is 0 Å². The molecule has 2 unspecified atom stereocenters. The van der Waals surface area contributed by atoms with Gasteiger partial charge < -0.3 is 15.2 Å². The highest BCUT2D eigenvalue weighted by Crippen LogP contribution is 2.39. The van der Waals surface area contributed by atoms with Crippen LogP contribution in [0.1, 0.15) is 31.0 Å². The van der Waals surface area contributed by atoms with Gasteiger partial charge in [0, 0.05) is 5.56 Å². The highest BCUT2D eigenvalue weighted by molar-refractivity contribution is 5.52. The molecule has 0 fully saturated rings. The van der Waals surface area contributed by atoms with Gasteiger partial charge in [-0.2, -0.15) is 5.26 Å². The highest BCUT2D eigenvalue weighted by Gasteiger charge is 2.42. The van der Waals surface area contributed by atoms with Crippen molar-refractivity contribution in [1.82, 2.24) is 5.32 Å². The zero-order valence-corrected chi connectivity index (χ0v) is 10.2. The number of carbonyl (C=O) groups is 1. The first-order chi connectivity index (χ1) is 8.49. The summed E-state index contributed by atoms with van der Waals surface area (Å²) in [5.41, 5.74) is 0.275. The third-order valence-corrected chi connectivity index (χ3v) is 3.12. The quantitative estimate of drug-likeness (QED) is 0.759. The van der Waals surface area contributed by atoms with Crippen LogP contribution in [-0.4, -0.2) is 23.2 Å². The lowest BCUT2D eigenvalue weighted by atomic mass is 9.86. The van der Waals surface area contributed by atoms with Crippen molar-refractivity contribution >= 4 is 6.41 Å². The summed E-state index contributed by atoms with van der Waals surface area (Å²) in [5.74, 6) is 0.573. The van der Waals surface area contributed by atoms with Gasteiger partial charge in [-0.1, -0.05) is 0 Å². The first kappa shape index (κ1) is 12.4. The summed E-state index contributed by atoms with van der Waals surface area (Å²) in [7, 11) is 0. The van der Waals surface area contributed by atoms with Crippen LogP contribution in [0.25, 0.3) is 0 Å². The molecular formula is C13H14N2O3. The number of benzene rings is 1. The first-order valence-electron chi connectivity index (χ1n) is 5.60. The Kier molecular flexibility index (Phi) is 2.97. The summed E-state index contributed by atoms with van der Waals surface area (Å²) in [6, 6.07) is 6.39. The summed E-state index contributed by atoms with van der Waals surface area (Å²) >= 11 is 0. The summed E-state index contributed by atoms with van der Waals surface area (Å²) in [6.07, 6.45) is -0.345. The lowest BCUT2D eigenvalue weighted by molar-refractivity contribution is -0.114. The van der Waals surface area contributed by atoms with Gasteiger partial charge in [0.15, 0.2) is 0 Å². The van der Waals surface area contributed by atoms with Gasteiger partial charge in [0.1, 0.15) is 17.5 Å². The minimum absolute atomic E-state index is 0.460. The first-order valence-corrected chi connectivity index (χ1v) is 5.60. The lowest BCUT2D eigenvalue weighted by Gasteiger charge is -2.41. The van der Waals surface area contributed by atoms with E-state index in [2.05, 4.69) is 5.32 Å². The average molecular weight is 246 g/mol. The predicted octanol–water partition coefficient (Wildman–Crippen LogP) is 0.877. The molecule has 0 saturated heterocycles. The Bertz CT molecular complexity index is 519. The maximum atomic E-state index is 10.7. The second-order valence-corrected chi connectivity index (χ2v) is 4.78. The van der Waals surface area contributed by atoms with Gasteiger partial charge in [0.05, 0.1) is 17.7 Å². The fraction of sp³-hybridized carbons (Fsp3) is 0.385. The number of hydrogen-bond donors (Lipinski definition) is 2. The SMILES string of the molecule is CC1(C)Oc2ccc(C#N)cc2C(NC=O)C1O. The molecule has 0 aliphatic carbocycles. The van der Waals surface area contributed by atoms with E-state index >= 15 is 0 Å².